The zero-order valence-corrected chi connectivity index (χ0v) is 16.8. The molecule has 27 heavy (non-hydrogen) atoms. The Morgan fingerprint density at radius 3 is 2.67 bits per heavy atom. The lowest BCUT2D eigenvalue weighted by atomic mass is 9.95. The molecule has 1 aliphatic rings. The summed E-state index contributed by atoms with van der Waals surface area (Å²) < 4.78 is 5.78. The van der Waals surface area contributed by atoms with Crippen LogP contribution >= 0.6 is 11.3 Å². The van der Waals surface area contributed by atoms with E-state index in [-0.39, 0.29) is 17.7 Å². The molecule has 6 nitrogen and oxygen atoms in total. The first-order chi connectivity index (χ1) is 12.9. The number of thiazole rings is 1. The van der Waals surface area contributed by atoms with Crippen LogP contribution in [-0.2, 0) is 11.4 Å². The molecule has 144 valence electrons. The Kier molecular flexibility index (Phi) is 6.11. The molecular formula is C20H25N3O3S. The third-order valence-electron chi connectivity index (χ3n) is 4.71. The van der Waals surface area contributed by atoms with Gasteiger partial charge in [-0.25, -0.2) is 4.98 Å². The van der Waals surface area contributed by atoms with E-state index in [0.717, 1.165) is 10.7 Å². The first-order valence-electron chi connectivity index (χ1n) is 9.08. The summed E-state index contributed by atoms with van der Waals surface area (Å²) in [6.07, 6.45) is 1.42. The maximum Gasteiger partial charge on any atom is 0.253 e. The van der Waals surface area contributed by atoms with Gasteiger partial charge < -0.3 is 14.5 Å². The molecule has 3 rings (SSSR count). The van der Waals surface area contributed by atoms with Gasteiger partial charge in [0.05, 0.1) is 10.7 Å². The molecule has 0 N–H and O–H groups in total. The van der Waals surface area contributed by atoms with Gasteiger partial charge in [0.15, 0.2) is 0 Å². The van der Waals surface area contributed by atoms with Gasteiger partial charge in [-0.1, -0.05) is 6.07 Å². The zero-order valence-electron chi connectivity index (χ0n) is 16.0. The summed E-state index contributed by atoms with van der Waals surface area (Å²) in [7, 11) is 3.55. The van der Waals surface area contributed by atoms with E-state index >= 15 is 0 Å². The summed E-state index contributed by atoms with van der Waals surface area (Å²) >= 11 is 1.59. The molecular weight excluding hydrogens is 362 g/mol. The van der Waals surface area contributed by atoms with Gasteiger partial charge in [0.1, 0.15) is 12.4 Å². The van der Waals surface area contributed by atoms with E-state index in [2.05, 4.69) is 4.98 Å². The predicted octanol–water partition coefficient (Wildman–Crippen LogP) is 2.97. The number of ether oxygens (including phenoxy) is 1. The fourth-order valence-electron chi connectivity index (χ4n) is 3.23. The Balaban J connectivity index is 1.58. The Morgan fingerprint density at radius 1 is 1.30 bits per heavy atom. The number of piperidine rings is 1. The highest BCUT2D eigenvalue weighted by atomic mass is 32.1. The van der Waals surface area contributed by atoms with Crippen molar-refractivity contribution in [3.8, 4) is 5.75 Å². The van der Waals surface area contributed by atoms with Gasteiger partial charge in [-0.3, -0.25) is 9.59 Å². The third kappa shape index (κ3) is 4.86. The monoisotopic (exact) mass is 387 g/mol. The summed E-state index contributed by atoms with van der Waals surface area (Å²) in [5, 5.41) is 2.98. The standard InChI is InChI=1S/C20H25N3O3S/c1-14-21-17(13-27-14)12-26-18-6-4-5-16(11-18)20(25)23-9-7-15(8-10-23)19(24)22(2)3/h4-6,11,13,15H,7-10,12H2,1-3H3. The Morgan fingerprint density at radius 2 is 2.04 bits per heavy atom. The maximum atomic E-state index is 12.8. The quantitative estimate of drug-likeness (QED) is 0.791. The van der Waals surface area contributed by atoms with Gasteiger partial charge in [0, 0.05) is 44.0 Å². The Hall–Kier alpha value is -2.41. The molecule has 0 spiro atoms. The van der Waals surface area contributed by atoms with Crippen LogP contribution in [0.5, 0.6) is 5.75 Å². The SMILES string of the molecule is Cc1nc(COc2cccc(C(=O)N3CCC(C(=O)N(C)C)CC3)c2)cs1. The van der Waals surface area contributed by atoms with Crippen molar-refractivity contribution in [2.75, 3.05) is 27.2 Å². The van der Waals surface area contributed by atoms with Gasteiger partial charge >= 0.3 is 0 Å². The molecule has 1 aromatic heterocycles. The summed E-state index contributed by atoms with van der Waals surface area (Å²) in [5.41, 5.74) is 1.50. The number of aryl methyl sites for hydroxylation is 1. The van der Waals surface area contributed by atoms with E-state index in [1.54, 1.807) is 42.5 Å². The predicted molar refractivity (Wildman–Crippen MR) is 105 cm³/mol. The molecule has 0 radical (unpaired) electrons. The van der Waals surface area contributed by atoms with Gasteiger partial charge in [0.25, 0.3) is 5.91 Å². The second kappa shape index (κ2) is 8.52. The van der Waals surface area contributed by atoms with Crippen molar-refractivity contribution in [1.82, 2.24) is 14.8 Å². The normalized spacial score (nSPS) is 14.9. The largest absolute Gasteiger partial charge is 0.487 e. The molecule has 2 aromatic rings. The second-order valence-corrected chi connectivity index (χ2v) is 8.04. The molecule has 0 bridgehead atoms. The lowest BCUT2D eigenvalue weighted by Gasteiger charge is -2.32. The summed E-state index contributed by atoms with van der Waals surface area (Å²) in [6, 6.07) is 7.26. The molecule has 1 aliphatic heterocycles. The second-order valence-electron chi connectivity index (χ2n) is 6.97. The lowest BCUT2D eigenvalue weighted by Crippen LogP contribution is -2.42. The number of carbonyl (C=O) groups is 2. The van der Waals surface area contributed by atoms with Gasteiger partial charge in [-0.15, -0.1) is 11.3 Å². The van der Waals surface area contributed by atoms with Crippen molar-refractivity contribution in [3.63, 3.8) is 0 Å². The van der Waals surface area contributed by atoms with Crippen LogP contribution in [0.25, 0.3) is 0 Å². The average molecular weight is 388 g/mol. The maximum absolute atomic E-state index is 12.8. The smallest absolute Gasteiger partial charge is 0.253 e. The fourth-order valence-corrected chi connectivity index (χ4v) is 3.83. The van der Waals surface area contributed by atoms with Crippen LogP contribution < -0.4 is 4.74 Å². The number of hydrogen-bond acceptors (Lipinski definition) is 5. The number of nitrogens with zero attached hydrogens (tertiary/aromatic N) is 3. The molecule has 0 atom stereocenters. The summed E-state index contributed by atoms with van der Waals surface area (Å²) in [6.45, 7) is 3.56. The van der Waals surface area contributed by atoms with Crippen LogP contribution in [0.3, 0.4) is 0 Å². The number of aromatic nitrogens is 1. The summed E-state index contributed by atoms with van der Waals surface area (Å²) in [4.78, 5) is 32.7. The molecule has 7 heteroatoms. The molecule has 0 saturated carbocycles. The Bertz CT molecular complexity index is 810. The molecule has 0 aliphatic carbocycles. The van der Waals surface area contributed by atoms with E-state index in [1.165, 1.54) is 0 Å². The number of likely N-dealkylation sites (tertiary alicyclic amines) is 1. The van der Waals surface area contributed by atoms with E-state index in [1.807, 2.05) is 29.3 Å². The van der Waals surface area contributed by atoms with Crippen molar-refractivity contribution < 1.29 is 14.3 Å². The number of amides is 2. The molecule has 2 amide bonds. The van der Waals surface area contributed by atoms with E-state index in [9.17, 15) is 9.59 Å². The van der Waals surface area contributed by atoms with Crippen molar-refractivity contribution >= 4 is 23.2 Å². The third-order valence-corrected chi connectivity index (χ3v) is 5.53. The molecule has 1 saturated heterocycles. The van der Waals surface area contributed by atoms with Crippen molar-refractivity contribution in [2.24, 2.45) is 5.92 Å². The van der Waals surface area contributed by atoms with Gasteiger partial charge in [-0.2, -0.15) is 0 Å². The van der Waals surface area contributed by atoms with E-state index in [0.29, 0.717) is 43.9 Å². The number of benzene rings is 1. The minimum Gasteiger partial charge on any atom is -0.487 e. The molecule has 2 heterocycles. The van der Waals surface area contributed by atoms with Crippen molar-refractivity contribution in [2.45, 2.75) is 26.4 Å². The minimum atomic E-state index is -0.0132. The zero-order chi connectivity index (χ0) is 19.4. The van der Waals surface area contributed by atoms with Crippen LogP contribution in [0.15, 0.2) is 29.6 Å². The summed E-state index contributed by atoms with van der Waals surface area (Å²) in [5.74, 6) is 0.805. The highest BCUT2D eigenvalue weighted by Crippen LogP contribution is 2.22. The van der Waals surface area contributed by atoms with Crippen LogP contribution in [0.1, 0.15) is 33.9 Å². The van der Waals surface area contributed by atoms with E-state index in [4.69, 9.17) is 4.74 Å². The van der Waals surface area contributed by atoms with Crippen LogP contribution in [0.2, 0.25) is 0 Å². The Labute approximate surface area is 163 Å². The van der Waals surface area contributed by atoms with Crippen molar-refractivity contribution in [3.05, 3.63) is 45.9 Å². The number of carbonyl (C=O) groups excluding carboxylic acids is 2. The highest BCUT2D eigenvalue weighted by Gasteiger charge is 2.28. The van der Waals surface area contributed by atoms with Gasteiger partial charge in [-0.05, 0) is 38.0 Å². The van der Waals surface area contributed by atoms with Crippen LogP contribution in [0.4, 0.5) is 0 Å². The van der Waals surface area contributed by atoms with Crippen LogP contribution in [0, 0.1) is 12.8 Å². The van der Waals surface area contributed by atoms with E-state index < -0.39 is 0 Å². The molecule has 1 aromatic carbocycles. The topological polar surface area (TPSA) is 62.7 Å². The minimum absolute atomic E-state index is 0.0132. The van der Waals surface area contributed by atoms with Crippen molar-refractivity contribution in [1.29, 1.82) is 0 Å². The molecule has 1 fully saturated rings. The first-order valence-corrected chi connectivity index (χ1v) is 9.96. The average Bonchev–Trinajstić information content (AvgIpc) is 3.10. The lowest BCUT2D eigenvalue weighted by molar-refractivity contribution is -0.134. The number of hydrogen-bond donors (Lipinski definition) is 0. The van der Waals surface area contributed by atoms with Crippen LogP contribution in [-0.4, -0.2) is 53.8 Å². The number of rotatable bonds is 5. The molecule has 0 unspecified atom stereocenters. The fraction of sp³-hybridized carbons (Fsp3) is 0.450. The first kappa shape index (κ1) is 19.4. The van der Waals surface area contributed by atoms with Gasteiger partial charge in [0.2, 0.25) is 5.91 Å². The highest BCUT2D eigenvalue weighted by molar-refractivity contribution is 7.09.